The average molecular weight is 491 g/mol. The molecule has 0 saturated heterocycles. The predicted molar refractivity (Wildman–Crippen MR) is 131 cm³/mol. The number of benzene rings is 3. The number of nitrogens with zero attached hydrogens (tertiary/aromatic N) is 2. The molecular formula is C26H23BrN2O3. The fourth-order valence-electron chi connectivity index (χ4n) is 3.45. The first-order valence-corrected chi connectivity index (χ1v) is 11.1. The molecule has 0 atom stereocenters. The van der Waals surface area contributed by atoms with Crippen molar-refractivity contribution >= 4 is 39.3 Å². The summed E-state index contributed by atoms with van der Waals surface area (Å²) in [4.78, 5) is 13.0. The maximum atomic E-state index is 13.0. The van der Waals surface area contributed by atoms with Crippen LogP contribution in [0.5, 0.6) is 11.5 Å². The zero-order valence-corrected chi connectivity index (χ0v) is 19.5. The highest BCUT2D eigenvalue weighted by Gasteiger charge is 2.28. The summed E-state index contributed by atoms with van der Waals surface area (Å²) in [6, 6.07) is 23.4. The van der Waals surface area contributed by atoms with Gasteiger partial charge in [0.25, 0.3) is 5.91 Å². The maximum absolute atomic E-state index is 13.0. The number of amides is 1. The highest BCUT2D eigenvalue weighted by Crippen LogP contribution is 2.31. The molecule has 0 aromatic heterocycles. The van der Waals surface area contributed by atoms with Crippen molar-refractivity contribution in [1.82, 2.24) is 0 Å². The summed E-state index contributed by atoms with van der Waals surface area (Å²) in [5.74, 6) is 1.13. The quantitative estimate of drug-likeness (QED) is 0.388. The molecule has 0 saturated carbocycles. The SMILES string of the molecule is COc1cc(/C=C2\C(=O)N(c3cccc(Br)c3)N=C2C)ccc1OCCc1ccccc1. The van der Waals surface area contributed by atoms with Gasteiger partial charge in [-0.1, -0.05) is 58.4 Å². The van der Waals surface area contributed by atoms with E-state index in [9.17, 15) is 4.79 Å². The molecule has 1 aliphatic heterocycles. The fraction of sp³-hybridized carbons (Fsp3) is 0.154. The van der Waals surface area contributed by atoms with E-state index in [-0.39, 0.29) is 5.91 Å². The third kappa shape index (κ3) is 4.92. The van der Waals surface area contributed by atoms with E-state index in [0.717, 1.165) is 16.5 Å². The van der Waals surface area contributed by atoms with E-state index in [1.165, 1.54) is 10.6 Å². The molecule has 1 heterocycles. The van der Waals surface area contributed by atoms with Gasteiger partial charge in [-0.2, -0.15) is 10.1 Å². The largest absolute Gasteiger partial charge is 0.493 e. The molecule has 0 spiro atoms. The smallest absolute Gasteiger partial charge is 0.280 e. The summed E-state index contributed by atoms with van der Waals surface area (Å²) in [7, 11) is 1.61. The van der Waals surface area contributed by atoms with Gasteiger partial charge in [0.2, 0.25) is 0 Å². The Morgan fingerprint density at radius 2 is 1.81 bits per heavy atom. The second-order valence-corrected chi connectivity index (χ2v) is 8.25. The van der Waals surface area contributed by atoms with Gasteiger partial charge in [0.15, 0.2) is 11.5 Å². The van der Waals surface area contributed by atoms with Crippen LogP contribution in [0, 0.1) is 0 Å². The molecule has 0 aliphatic carbocycles. The molecule has 1 aliphatic rings. The number of methoxy groups -OCH3 is 1. The van der Waals surface area contributed by atoms with Crippen LogP contribution in [-0.2, 0) is 11.2 Å². The van der Waals surface area contributed by atoms with Gasteiger partial charge in [-0.25, -0.2) is 0 Å². The van der Waals surface area contributed by atoms with Crippen LogP contribution in [0.2, 0.25) is 0 Å². The van der Waals surface area contributed by atoms with Crippen LogP contribution in [0.4, 0.5) is 5.69 Å². The first-order valence-electron chi connectivity index (χ1n) is 10.3. The lowest BCUT2D eigenvalue weighted by Crippen LogP contribution is -2.21. The average Bonchev–Trinajstić information content (AvgIpc) is 3.09. The van der Waals surface area contributed by atoms with E-state index in [0.29, 0.717) is 35.1 Å². The molecule has 3 aromatic carbocycles. The van der Waals surface area contributed by atoms with Crippen molar-refractivity contribution in [1.29, 1.82) is 0 Å². The zero-order chi connectivity index (χ0) is 22.5. The minimum Gasteiger partial charge on any atom is -0.493 e. The lowest BCUT2D eigenvalue weighted by molar-refractivity contribution is -0.114. The van der Waals surface area contributed by atoms with Gasteiger partial charge in [-0.05, 0) is 54.5 Å². The molecule has 6 heteroatoms. The second kappa shape index (κ2) is 9.83. The standard InChI is InChI=1S/C26H23BrN2O3/c1-18-23(26(30)29(28-18)22-10-6-9-21(27)17-22)15-20-11-12-24(25(16-20)31-2)32-14-13-19-7-4-3-5-8-19/h3-12,15-17H,13-14H2,1-2H3/b23-15-. The topological polar surface area (TPSA) is 51.1 Å². The summed E-state index contributed by atoms with van der Waals surface area (Å²) in [5.41, 5.74) is 3.98. The molecule has 162 valence electrons. The van der Waals surface area contributed by atoms with E-state index in [1.54, 1.807) is 7.11 Å². The van der Waals surface area contributed by atoms with Crippen molar-refractivity contribution in [3.63, 3.8) is 0 Å². The third-order valence-electron chi connectivity index (χ3n) is 5.11. The summed E-state index contributed by atoms with van der Waals surface area (Å²) in [6.07, 6.45) is 2.64. The summed E-state index contributed by atoms with van der Waals surface area (Å²) in [5, 5.41) is 5.86. The van der Waals surface area contributed by atoms with Gasteiger partial charge in [0, 0.05) is 10.9 Å². The highest BCUT2D eigenvalue weighted by molar-refractivity contribution is 9.10. The monoisotopic (exact) mass is 490 g/mol. The molecule has 3 aromatic rings. The summed E-state index contributed by atoms with van der Waals surface area (Å²) in [6.45, 7) is 2.38. The molecular weight excluding hydrogens is 468 g/mol. The lowest BCUT2D eigenvalue weighted by atomic mass is 10.1. The summed E-state index contributed by atoms with van der Waals surface area (Å²) >= 11 is 3.44. The number of anilines is 1. The number of carbonyl (C=O) groups is 1. The van der Waals surface area contributed by atoms with E-state index >= 15 is 0 Å². The first kappa shape index (κ1) is 21.8. The van der Waals surface area contributed by atoms with Gasteiger partial charge in [0.05, 0.1) is 30.7 Å². The molecule has 0 N–H and O–H groups in total. The van der Waals surface area contributed by atoms with Crippen LogP contribution in [0.3, 0.4) is 0 Å². The van der Waals surface area contributed by atoms with Crippen LogP contribution in [0.1, 0.15) is 18.1 Å². The van der Waals surface area contributed by atoms with Gasteiger partial charge in [-0.3, -0.25) is 4.79 Å². The Balaban J connectivity index is 1.50. The van der Waals surface area contributed by atoms with Gasteiger partial charge in [0.1, 0.15) is 0 Å². The predicted octanol–water partition coefficient (Wildman–Crippen LogP) is 5.89. The van der Waals surface area contributed by atoms with E-state index in [4.69, 9.17) is 9.47 Å². The number of hydrogen-bond donors (Lipinski definition) is 0. The van der Waals surface area contributed by atoms with Crippen molar-refractivity contribution in [2.75, 3.05) is 18.7 Å². The molecule has 0 unspecified atom stereocenters. The van der Waals surface area contributed by atoms with E-state index < -0.39 is 0 Å². The number of rotatable bonds is 7. The minimum atomic E-state index is -0.164. The number of ether oxygens (including phenoxy) is 2. The maximum Gasteiger partial charge on any atom is 0.280 e. The Kier molecular flexibility index (Phi) is 6.71. The highest BCUT2D eigenvalue weighted by atomic mass is 79.9. The van der Waals surface area contributed by atoms with Crippen LogP contribution in [0.25, 0.3) is 6.08 Å². The van der Waals surface area contributed by atoms with Crippen LogP contribution in [0.15, 0.2) is 87.9 Å². The minimum absolute atomic E-state index is 0.164. The molecule has 4 rings (SSSR count). The van der Waals surface area contributed by atoms with Crippen LogP contribution >= 0.6 is 15.9 Å². The van der Waals surface area contributed by atoms with E-state index in [2.05, 4.69) is 33.2 Å². The lowest BCUT2D eigenvalue weighted by Gasteiger charge is -2.12. The zero-order valence-electron chi connectivity index (χ0n) is 17.9. The van der Waals surface area contributed by atoms with E-state index in [1.807, 2.05) is 73.7 Å². The second-order valence-electron chi connectivity index (χ2n) is 7.33. The number of halogens is 1. The first-order chi connectivity index (χ1) is 15.5. The number of hydrogen-bond acceptors (Lipinski definition) is 4. The Hall–Kier alpha value is -3.38. The molecule has 0 radical (unpaired) electrons. The Morgan fingerprint density at radius 1 is 1.00 bits per heavy atom. The van der Waals surface area contributed by atoms with Gasteiger partial charge < -0.3 is 9.47 Å². The molecule has 0 bridgehead atoms. The number of carbonyl (C=O) groups excluding carboxylic acids is 1. The summed E-state index contributed by atoms with van der Waals surface area (Å²) < 4.78 is 12.4. The van der Waals surface area contributed by atoms with Crippen molar-refractivity contribution in [2.24, 2.45) is 5.10 Å². The Labute approximate surface area is 196 Å². The van der Waals surface area contributed by atoms with Gasteiger partial charge in [-0.15, -0.1) is 0 Å². The van der Waals surface area contributed by atoms with Crippen LogP contribution < -0.4 is 14.5 Å². The third-order valence-corrected chi connectivity index (χ3v) is 5.60. The molecule has 1 amide bonds. The Bertz CT molecular complexity index is 1190. The van der Waals surface area contributed by atoms with Crippen molar-refractivity contribution in [3.05, 3.63) is 94.0 Å². The molecule has 32 heavy (non-hydrogen) atoms. The van der Waals surface area contributed by atoms with Crippen molar-refractivity contribution in [2.45, 2.75) is 13.3 Å². The van der Waals surface area contributed by atoms with Crippen molar-refractivity contribution < 1.29 is 14.3 Å². The normalized spacial score (nSPS) is 14.6. The molecule has 0 fully saturated rings. The number of hydrazone groups is 1. The fourth-order valence-corrected chi connectivity index (χ4v) is 3.84. The molecule has 5 nitrogen and oxygen atoms in total. The van der Waals surface area contributed by atoms with Crippen molar-refractivity contribution in [3.8, 4) is 11.5 Å². The van der Waals surface area contributed by atoms with Gasteiger partial charge >= 0.3 is 0 Å². The van der Waals surface area contributed by atoms with Crippen LogP contribution in [-0.4, -0.2) is 25.3 Å². The Morgan fingerprint density at radius 3 is 2.56 bits per heavy atom.